The van der Waals surface area contributed by atoms with Crippen LogP contribution in [0.25, 0.3) is 0 Å². The molecule has 0 amide bonds. The summed E-state index contributed by atoms with van der Waals surface area (Å²) in [5, 5.41) is 11.9. The number of rotatable bonds is 1. The first-order chi connectivity index (χ1) is 4.20. The van der Waals surface area contributed by atoms with Gasteiger partial charge in [-0.25, -0.2) is 4.79 Å². The van der Waals surface area contributed by atoms with Crippen LogP contribution in [0.3, 0.4) is 0 Å². The molecule has 50 valence electrons. The maximum absolute atomic E-state index is 10.2. The highest BCUT2D eigenvalue weighted by Gasteiger charge is 2.18. The number of carboxylic acid groups (broad SMARTS) is 1. The summed E-state index contributed by atoms with van der Waals surface area (Å²) < 4.78 is 0. The van der Waals surface area contributed by atoms with Crippen LogP contribution in [0.15, 0.2) is 5.10 Å². The summed E-state index contributed by atoms with van der Waals surface area (Å²) in [4.78, 5) is 10.2. The number of carboxylic acids is 1. The number of nitrogens with one attached hydrogen (secondary N) is 1. The molecule has 0 aromatic heterocycles. The van der Waals surface area contributed by atoms with E-state index < -0.39 is 5.97 Å². The van der Waals surface area contributed by atoms with Crippen molar-refractivity contribution >= 4 is 11.7 Å². The van der Waals surface area contributed by atoms with Crippen LogP contribution in [0.5, 0.6) is 0 Å². The van der Waals surface area contributed by atoms with E-state index in [4.69, 9.17) is 5.11 Å². The lowest BCUT2D eigenvalue weighted by atomic mass is 10.2. The Balaban J connectivity index is 2.55. The van der Waals surface area contributed by atoms with Crippen molar-refractivity contribution in [3.05, 3.63) is 0 Å². The lowest BCUT2D eigenvalue weighted by molar-refractivity contribution is -0.129. The molecule has 2 N–H and O–H groups in total. The maximum Gasteiger partial charge on any atom is 0.352 e. The van der Waals surface area contributed by atoms with Crippen molar-refractivity contribution in [2.75, 3.05) is 0 Å². The minimum atomic E-state index is -0.924. The molecule has 1 rings (SSSR count). The molecule has 0 spiro atoms. The summed E-state index contributed by atoms with van der Waals surface area (Å²) in [5.41, 5.74) is 2.88. The summed E-state index contributed by atoms with van der Waals surface area (Å²) >= 11 is 0. The Bertz CT molecular complexity index is 164. The molecule has 1 aliphatic rings. The van der Waals surface area contributed by atoms with Gasteiger partial charge in [-0.1, -0.05) is 0 Å². The first-order valence-electron chi connectivity index (χ1n) is 2.75. The first kappa shape index (κ1) is 6.07. The molecule has 0 aromatic rings. The molecule has 0 fully saturated rings. The summed E-state index contributed by atoms with van der Waals surface area (Å²) in [6.07, 6.45) is 0.523. The van der Waals surface area contributed by atoms with Gasteiger partial charge in [0.25, 0.3) is 0 Å². The quantitative estimate of drug-likeness (QED) is 0.514. The average molecular weight is 128 g/mol. The fourth-order valence-electron chi connectivity index (χ4n) is 0.705. The number of hydrazone groups is 1. The Morgan fingerprint density at radius 1 is 2.00 bits per heavy atom. The Morgan fingerprint density at radius 2 is 2.67 bits per heavy atom. The van der Waals surface area contributed by atoms with Gasteiger partial charge < -0.3 is 10.5 Å². The van der Waals surface area contributed by atoms with Gasteiger partial charge in [-0.2, -0.15) is 5.10 Å². The largest absolute Gasteiger partial charge is 0.477 e. The predicted molar refractivity (Wildman–Crippen MR) is 32.3 cm³/mol. The van der Waals surface area contributed by atoms with E-state index in [0.717, 1.165) is 0 Å². The van der Waals surface area contributed by atoms with E-state index >= 15 is 0 Å². The number of hydrogen-bond donors (Lipinski definition) is 2. The number of hydrogen-bond acceptors (Lipinski definition) is 3. The summed E-state index contributed by atoms with van der Waals surface area (Å²) in [6.45, 7) is 1.89. The number of carbonyl (C=O) groups is 1. The molecule has 0 saturated heterocycles. The highest BCUT2D eigenvalue weighted by Crippen LogP contribution is 2.01. The van der Waals surface area contributed by atoms with Crippen molar-refractivity contribution in [2.45, 2.75) is 19.4 Å². The van der Waals surface area contributed by atoms with E-state index in [1.807, 2.05) is 6.92 Å². The standard InChI is InChI=1S/C5H8N2O2/c1-3-2-4(5(8)9)7-6-3/h3,6H,2H2,1H3,(H,8,9). The number of aliphatic carboxylic acids is 1. The molecule has 0 aliphatic carbocycles. The first-order valence-corrected chi connectivity index (χ1v) is 2.75. The van der Waals surface area contributed by atoms with Crippen LogP contribution in [-0.4, -0.2) is 22.8 Å². The van der Waals surface area contributed by atoms with Gasteiger partial charge in [0.05, 0.1) is 0 Å². The summed E-state index contributed by atoms with van der Waals surface area (Å²) in [7, 11) is 0. The van der Waals surface area contributed by atoms with Crippen LogP contribution in [-0.2, 0) is 4.79 Å². The van der Waals surface area contributed by atoms with Crippen LogP contribution in [0, 0.1) is 0 Å². The SMILES string of the molecule is CC1CC(C(=O)O)=NN1. The molecule has 1 atom stereocenters. The Hall–Kier alpha value is -1.06. The molecule has 4 nitrogen and oxygen atoms in total. The van der Waals surface area contributed by atoms with Crippen molar-refractivity contribution in [2.24, 2.45) is 5.10 Å². The second-order valence-corrected chi connectivity index (χ2v) is 2.10. The van der Waals surface area contributed by atoms with E-state index in [2.05, 4.69) is 10.5 Å². The average Bonchev–Trinajstić information content (AvgIpc) is 2.14. The zero-order valence-corrected chi connectivity index (χ0v) is 5.09. The zero-order valence-electron chi connectivity index (χ0n) is 5.09. The molecule has 0 radical (unpaired) electrons. The molecule has 0 saturated carbocycles. The van der Waals surface area contributed by atoms with Crippen LogP contribution in [0.4, 0.5) is 0 Å². The molecule has 9 heavy (non-hydrogen) atoms. The van der Waals surface area contributed by atoms with Crippen LogP contribution in [0.1, 0.15) is 13.3 Å². The second-order valence-electron chi connectivity index (χ2n) is 2.10. The fourth-order valence-corrected chi connectivity index (χ4v) is 0.705. The number of nitrogens with zero attached hydrogens (tertiary/aromatic N) is 1. The summed E-state index contributed by atoms with van der Waals surface area (Å²) in [6, 6.07) is 0.177. The minimum Gasteiger partial charge on any atom is -0.477 e. The zero-order chi connectivity index (χ0) is 6.85. The highest BCUT2D eigenvalue weighted by molar-refractivity contribution is 6.36. The Kier molecular flexibility index (Phi) is 1.38. The van der Waals surface area contributed by atoms with Crippen LogP contribution >= 0.6 is 0 Å². The van der Waals surface area contributed by atoms with E-state index in [0.29, 0.717) is 6.42 Å². The second kappa shape index (κ2) is 2.05. The Morgan fingerprint density at radius 3 is 2.89 bits per heavy atom. The molecule has 1 unspecified atom stereocenters. The smallest absolute Gasteiger partial charge is 0.352 e. The summed E-state index contributed by atoms with van der Waals surface area (Å²) in [5.74, 6) is -0.924. The maximum atomic E-state index is 10.2. The molecule has 1 aliphatic heterocycles. The van der Waals surface area contributed by atoms with Gasteiger partial charge in [0, 0.05) is 12.5 Å². The molecule has 4 heteroatoms. The van der Waals surface area contributed by atoms with Gasteiger partial charge in [0.15, 0.2) is 0 Å². The molecule has 1 heterocycles. The van der Waals surface area contributed by atoms with Crippen molar-refractivity contribution in [1.29, 1.82) is 0 Å². The van der Waals surface area contributed by atoms with E-state index in [1.165, 1.54) is 0 Å². The van der Waals surface area contributed by atoms with Gasteiger partial charge in [0.1, 0.15) is 5.71 Å². The van der Waals surface area contributed by atoms with Gasteiger partial charge >= 0.3 is 5.97 Å². The van der Waals surface area contributed by atoms with Crippen molar-refractivity contribution in [1.82, 2.24) is 5.43 Å². The Labute approximate surface area is 52.6 Å². The van der Waals surface area contributed by atoms with E-state index in [-0.39, 0.29) is 11.8 Å². The van der Waals surface area contributed by atoms with Crippen molar-refractivity contribution < 1.29 is 9.90 Å². The minimum absolute atomic E-state index is 0.177. The van der Waals surface area contributed by atoms with Crippen molar-refractivity contribution in [3.63, 3.8) is 0 Å². The lowest BCUT2D eigenvalue weighted by Crippen LogP contribution is -2.15. The fraction of sp³-hybridized carbons (Fsp3) is 0.600. The predicted octanol–water partition coefficient (Wildman–Crippen LogP) is -0.191. The van der Waals surface area contributed by atoms with Gasteiger partial charge in [-0.3, -0.25) is 0 Å². The van der Waals surface area contributed by atoms with E-state index in [1.54, 1.807) is 0 Å². The normalized spacial score (nSPS) is 25.0. The monoisotopic (exact) mass is 128 g/mol. The molecule has 0 aromatic carbocycles. The third kappa shape index (κ3) is 1.19. The third-order valence-corrected chi connectivity index (χ3v) is 1.17. The molecule has 0 bridgehead atoms. The van der Waals surface area contributed by atoms with Gasteiger partial charge in [-0.15, -0.1) is 0 Å². The topological polar surface area (TPSA) is 61.7 Å². The van der Waals surface area contributed by atoms with Gasteiger partial charge in [0.2, 0.25) is 0 Å². The van der Waals surface area contributed by atoms with Crippen LogP contribution < -0.4 is 5.43 Å². The molecular formula is C5H8N2O2. The third-order valence-electron chi connectivity index (χ3n) is 1.17. The van der Waals surface area contributed by atoms with Gasteiger partial charge in [-0.05, 0) is 6.92 Å². The highest BCUT2D eigenvalue weighted by atomic mass is 16.4. The van der Waals surface area contributed by atoms with Crippen LogP contribution in [0.2, 0.25) is 0 Å². The van der Waals surface area contributed by atoms with E-state index in [9.17, 15) is 4.79 Å². The lowest BCUT2D eigenvalue weighted by Gasteiger charge is -1.95. The molecular weight excluding hydrogens is 120 g/mol. The van der Waals surface area contributed by atoms with Crippen molar-refractivity contribution in [3.8, 4) is 0 Å².